The second-order valence-electron chi connectivity index (χ2n) is 6.90. The molecule has 0 aliphatic carbocycles. The van der Waals surface area contributed by atoms with Crippen molar-refractivity contribution in [3.63, 3.8) is 0 Å². The molecule has 0 aliphatic rings. The van der Waals surface area contributed by atoms with Crippen molar-refractivity contribution in [3.8, 4) is 0 Å². The molecule has 2 N–H and O–H groups in total. The molecule has 1 atom stereocenters. The van der Waals surface area contributed by atoms with Crippen LogP contribution in [0.4, 0.5) is 17.6 Å². The fourth-order valence-corrected chi connectivity index (χ4v) is 3.04. The zero-order valence-corrected chi connectivity index (χ0v) is 19.3. The summed E-state index contributed by atoms with van der Waals surface area (Å²) in [7, 11) is 0. The van der Waals surface area contributed by atoms with Gasteiger partial charge in [-0.05, 0) is 75.1 Å². The molecule has 28 heavy (non-hydrogen) atoms. The normalized spacial score (nSPS) is 12.4. The molecule has 0 aliphatic heterocycles. The van der Waals surface area contributed by atoms with Crippen LogP contribution in [0.3, 0.4) is 0 Å². The third kappa shape index (κ3) is 7.81. The summed E-state index contributed by atoms with van der Waals surface area (Å²) in [5.41, 5.74) is 0.212. The Morgan fingerprint density at radius 1 is 1.21 bits per heavy atom. The van der Waals surface area contributed by atoms with Gasteiger partial charge >= 0.3 is 5.97 Å². The van der Waals surface area contributed by atoms with Crippen molar-refractivity contribution in [3.05, 3.63) is 34.0 Å². The molecule has 2 rings (SSSR count). The number of thioether (sulfide) groups is 1. The van der Waals surface area contributed by atoms with Crippen LogP contribution in [-0.4, -0.2) is 44.6 Å². The fraction of sp³-hybridized carbons (Fsp3) is 0.444. The van der Waals surface area contributed by atoms with E-state index in [1.54, 1.807) is 11.8 Å². The van der Waals surface area contributed by atoms with Crippen molar-refractivity contribution < 1.29 is 9.53 Å². The molecule has 0 radical (unpaired) electrons. The van der Waals surface area contributed by atoms with Crippen molar-refractivity contribution in [2.24, 2.45) is 0 Å². The van der Waals surface area contributed by atoms with E-state index in [2.05, 4.69) is 41.5 Å². The summed E-state index contributed by atoms with van der Waals surface area (Å²) in [5.74, 6) is 0.898. The maximum Gasteiger partial charge on any atom is 0.329 e. The maximum absolute atomic E-state index is 12.5. The largest absolute Gasteiger partial charge is 0.458 e. The number of benzene rings is 1. The van der Waals surface area contributed by atoms with Gasteiger partial charge in [0.2, 0.25) is 17.2 Å². The predicted octanol–water partition coefficient (Wildman–Crippen LogP) is 4.91. The lowest BCUT2D eigenvalue weighted by Gasteiger charge is -2.24. The first-order chi connectivity index (χ1) is 13.2. The number of carbonyl (C=O) groups excluding carboxylic acids is 1. The first kappa shape index (κ1) is 22.7. The molecular formula is C18H23BrClN5O2S. The Balaban J connectivity index is 2.17. The topological polar surface area (TPSA) is 89.0 Å². The smallest absolute Gasteiger partial charge is 0.329 e. The summed E-state index contributed by atoms with van der Waals surface area (Å²) in [4.78, 5) is 25.0. The van der Waals surface area contributed by atoms with Crippen molar-refractivity contribution in [2.45, 2.75) is 38.8 Å². The lowest BCUT2D eigenvalue weighted by molar-refractivity contribution is -0.155. The predicted molar refractivity (Wildman–Crippen MR) is 119 cm³/mol. The van der Waals surface area contributed by atoms with Gasteiger partial charge in [-0.25, -0.2) is 4.79 Å². The molecule has 152 valence electrons. The number of halogens is 2. The van der Waals surface area contributed by atoms with Crippen LogP contribution in [0, 0.1) is 0 Å². The van der Waals surface area contributed by atoms with Crippen LogP contribution in [0.1, 0.15) is 27.2 Å². The van der Waals surface area contributed by atoms with Gasteiger partial charge in [0, 0.05) is 10.2 Å². The molecule has 10 heteroatoms. The minimum Gasteiger partial charge on any atom is -0.458 e. The zero-order chi connectivity index (χ0) is 20.7. The monoisotopic (exact) mass is 487 g/mol. The van der Waals surface area contributed by atoms with Crippen LogP contribution in [0.2, 0.25) is 5.28 Å². The van der Waals surface area contributed by atoms with Gasteiger partial charge in [0.15, 0.2) is 0 Å². The SMILES string of the molecule is CSCC[C@H](Nc1nc(Cl)nc(Nc2ccc(Br)cc2)n1)C(=O)OC(C)(C)C. The highest BCUT2D eigenvalue weighted by atomic mass is 79.9. The molecule has 7 nitrogen and oxygen atoms in total. The molecule has 0 saturated heterocycles. The third-order valence-electron chi connectivity index (χ3n) is 3.31. The Bertz CT molecular complexity index is 802. The van der Waals surface area contributed by atoms with Crippen molar-refractivity contribution in [1.82, 2.24) is 15.0 Å². The average molecular weight is 489 g/mol. The minimum absolute atomic E-state index is 0.0184. The Hall–Kier alpha value is -1.58. The van der Waals surface area contributed by atoms with E-state index in [0.717, 1.165) is 15.9 Å². The first-order valence-corrected chi connectivity index (χ1v) is 11.2. The number of nitrogens with zero attached hydrogens (tertiary/aromatic N) is 3. The number of hydrogen-bond donors (Lipinski definition) is 2. The van der Waals surface area contributed by atoms with Crippen LogP contribution in [0.15, 0.2) is 28.7 Å². The Morgan fingerprint density at radius 3 is 2.46 bits per heavy atom. The standard InChI is InChI=1S/C18H23BrClN5O2S/c1-18(2,3)27-14(26)13(9-10-28-4)22-17-24-15(20)23-16(25-17)21-12-7-5-11(19)6-8-12/h5-8,13H,9-10H2,1-4H3,(H2,21,22,23,24,25)/t13-/m0/s1. The first-order valence-electron chi connectivity index (χ1n) is 8.59. The van der Waals surface area contributed by atoms with Gasteiger partial charge in [-0.3, -0.25) is 0 Å². The number of aromatic nitrogens is 3. The van der Waals surface area contributed by atoms with E-state index in [1.165, 1.54) is 0 Å². The fourth-order valence-electron chi connectivity index (χ4n) is 2.15. The van der Waals surface area contributed by atoms with E-state index in [0.29, 0.717) is 6.42 Å². The maximum atomic E-state index is 12.5. The van der Waals surface area contributed by atoms with Crippen LogP contribution >= 0.6 is 39.3 Å². The van der Waals surface area contributed by atoms with E-state index in [4.69, 9.17) is 16.3 Å². The molecule has 0 spiro atoms. The lowest BCUT2D eigenvalue weighted by atomic mass is 10.1. The van der Waals surface area contributed by atoms with E-state index in [9.17, 15) is 4.79 Å². The van der Waals surface area contributed by atoms with Gasteiger partial charge in [0.25, 0.3) is 0 Å². The quantitative estimate of drug-likeness (QED) is 0.507. The molecule has 0 bridgehead atoms. The summed E-state index contributed by atoms with van der Waals surface area (Å²) in [6.07, 6.45) is 2.54. The summed E-state index contributed by atoms with van der Waals surface area (Å²) in [6.45, 7) is 5.49. The summed E-state index contributed by atoms with van der Waals surface area (Å²) in [5, 5.41) is 6.12. The van der Waals surface area contributed by atoms with Crippen LogP contribution in [0.25, 0.3) is 0 Å². The van der Waals surface area contributed by atoms with Gasteiger partial charge in [-0.15, -0.1) is 0 Å². The van der Waals surface area contributed by atoms with Crippen molar-refractivity contribution in [1.29, 1.82) is 0 Å². The molecule has 0 saturated carbocycles. The van der Waals surface area contributed by atoms with Crippen LogP contribution < -0.4 is 10.6 Å². The number of rotatable bonds is 8. The molecule has 2 aromatic rings. The number of carbonyl (C=O) groups is 1. The van der Waals surface area contributed by atoms with Gasteiger partial charge in [0.05, 0.1) is 0 Å². The molecule has 1 aromatic carbocycles. The third-order valence-corrected chi connectivity index (χ3v) is 4.66. The van der Waals surface area contributed by atoms with E-state index < -0.39 is 11.6 Å². The Kier molecular flexibility index (Phi) is 8.33. The zero-order valence-electron chi connectivity index (χ0n) is 16.1. The second-order valence-corrected chi connectivity index (χ2v) is 9.13. The average Bonchev–Trinajstić information content (AvgIpc) is 2.58. The number of hydrogen-bond acceptors (Lipinski definition) is 8. The molecular weight excluding hydrogens is 466 g/mol. The molecule has 1 aromatic heterocycles. The molecule has 1 heterocycles. The van der Waals surface area contributed by atoms with Gasteiger partial charge in [-0.2, -0.15) is 26.7 Å². The lowest BCUT2D eigenvalue weighted by Crippen LogP contribution is -2.37. The van der Waals surface area contributed by atoms with Crippen molar-refractivity contribution in [2.75, 3.05) is 22.6 Å². The minimum atomic E-state index is -0.592. The van der Waals surface area contributed by atoms with Crippen LogP contribution in [-0.2, 0) is 9.53 Å². The number of esters is 1. The molecule has 0 amide bonds. The van der Waals surface area contributed by atoms with Gasteiger partial charge < -0.3 is 15.4 Å². The number of nitrogens with one attached hydrogen (secondary N) is 2. The highest BCUT2D eigenvalue weighted by Gasteiger charge is 2.26. The molecule has 0 unspecified atom stereocenters. The van der Waals surface area contributed by atoms with E-state index >= 15 is 0 Å². The van der Waals surface area contributed by atoms with E-state index in [-0.39, 0.29) is 23.1 Å². The summed E-state index contributed by atoms with van der Waals surface area (Å²) in [6, 6.07) is 6.94. The Labute approximate surface area is 182 Å². The van der Waals surface area contributed by atoms with Gasteiger partial charge in [-0.1, -0.05) is 15.9 Å². The van der Waals surface area contributed by atoms with Gasteiger partial charge in [0.1, 0.15) is 11.6 Å². The summed E-state index contributed by atoms with van der Waals surface area (Å²) < 4.78 is 6.46. The number of anilines is 3. The van der Waals surface area contributed by atoms with Crippen LogP contribution in [0.5, 0.6) is 0 Å². The molecule has 0 fully saturated rings. The summed E-state index contributed by atoms with van der Waals surface area (Å²) >= 11 is 11.1. The highest BCUT2D eigenvalue weighted by Crippen LogP contribution is 2.20. The Morgan fingerprint density at radius 2 is 1.86 bits per heavy atom. The van der Waals surface area contributed by atoms with Crippen molar-refractivity contribution >= 4 is 62.8 Å². The number of ether oxygens (including phenoxy) is 1. The second kappa shape index (κ2) is 10.3. The van der Waals surface area contributed by atoms with E-state index in [1.807, 2.05) is 51.3 Å². The highest BCUT2D eigenvalue weighted by molar-refractivity contribution is 9.10.